The second-order valence-corrected chi connectivity index (χ2v) is 14.2. The van der Waals surface area contributed by atoms with Gasteiger partial charge in [0.2, 0.25) is 0 Å². The molecule has 0 unspecified atom stereocenters. The maximum absolute atomic E-state index is 2.49. The van der Waals surface area contributed by atoms with Crippen LogP contribution < -0.4 is 4.90 Å². The van der Waals surface area contributed by atoms with Gasteiger partial charge < -0.3 is 4.90 Å². The number of fused-ring (bicyclic) bond motifs is 7. The monoisotopic (exact) mass is 637 g/mol. The quantitative estimate of drug-likeness (QED) is 0.186. The minimum Gasteiger partial charge on any atom is -0.310 e. The van der Waals surface area contributed by atoms with Crippen molar-refractivity contribution in [3.63, 3.8) is 0 Å². The zero-order valence-corrected chi connectivity index (χ0v) is 28.2. The van der Waals surface area contributed by atoms with Gasteiger partial charge in [-0.05, 0) is 113 Å². The van der Waals surface area contributed by atoms with Crippen molar-refractivity contribution >= 4 is 60.2 Å². The predicted molar refractivity (Wildman–Crippen MR) is 214 cm³/mol. The zero-order chi connectivity index (χ0) is 33.4. The molecule has 9 aromatic rings. The molecule has 9 aromatic carbocycles. The van der Waals surface area contributed by atoms with Crippen LogP contribution >= 0.6 is 0 Å². The largest absolute Gasteiger partial charge is 0.310 e. The van der Waals surface area contributed by atoms with Crippen molar-refractivity contribution < 1.29 is 0 Å². The second kappa shape index (κ2) is 10.9. The summed E-state index contributed by atoms with van der Waals surface area (Å²) in [4.78, 5) is 2.49. The third-order valence-corrected chi connectivity index (χ3v) is 11.0. The Morgan fingerprint density at radius 3 is 1.68 bits per heavy atom. The van der Waals surface area contributed by atoms with Crippen molar-refractivity contribution in [1.29, 1.82) is 0 Å². The van der Waals surface area contributed by atoms with E-state index in [1.165, 1.54) is 76.5 Å². The number of hydrogen-bond donors (Lipinski definition) is 0. The lowest BCUT2D eigenvalue weighted by Gasteiger charge is -2.30. The van der Waals surface area contributed by atoms with E-state index < -0.39 is 0 Å². The van der Waals surface area contributed by atoms with Crippen LogP contribution in [0.4, 0.5) is 17.1 Å². The van der Waals surface area contributed by atoms with Crippen molar-refractivity contribution in [3.05, 3.63) is 187 Å². The van der Waals surface area contributed by atoms with Gasteiger partial charge in [-0.1, -0.05) is 147 Å². The van der Waals surface area contributed by atoms with Gasteiger partial charge in [0.05, 0.1) is 5.69 Å². The van der Waals surface area contributed by atoms with Crippen LogP contribution in [0, 0.1) is 0 Å². The van der Waals surface area contributed by atoms with E-state index in [0.717, 1.165) is 17.1 Å². The summed E-state index contributed by atoms with van der Waals surface area (Å²) in [7, 11) is 0. The van der Waals surface area contributed by atoms with Gasteiger partial charge in [0.25, 0.3) is 0 Å². The molecule has 1 heteroatoms. The molecule has 0 aromatic heterocycles. The first-order valence-corrected chi connectivity index (χ1v) is 17.5. The van der Waals surface area contributed by atoms with Crippen molar-refractivity contribution in [3.8, 4) is 22.3 Å². The molecular formula is C49H35N. The maximum atomic E-state index is 2.49. The molecule has 0 amide bonds. The molecule has 236 valence electrons. The summed E-state index contributed by atoms with van der Waals surface area (Å²) < 4.78 is 0. The molecule has 1 aliphatic carbocycles. The van der Waals surface area contributed by atoms with Gasteiger partial charge in [-0.2, -0.15) is 0 Å². The lowest BCUT2D eigenvalue weighted by molar-refractivity contribution is 0.661. The Morgan fingerprint density at radius 1 is 0.360 bits per heavy atom. The molecule has 0 heterocycles. The summed E-state index contributed by atoms with van der Waals surface area (Å²) in [5.74, 6) is 0. The van der Waals surface area contributed by atoms with E-state index in [1.54, 1.807) is 0 Å². The first-order chi connectivity index (χ1) is 24.5. The van der Waals surface area contributed by atoms with Crippen LogP contribution in [0.3, 0.4) is 0 Å². The molecule has 0 aliphatic heterocycles. The Kier molecular flexibility index (Phi) is 6.29. The normalized spacial score (nSPS) is 13.2. The van der Waals surface area contributed by atoms with Crippen LogP contribution in [-0.4, -0.2) is 0 Å². The molecule has 0 N–H and O–H groups in total. The molecule has 1 nitrogen and oxygen atoms in total. The standard InChI is InChI=1S/C49H35N/c1-49(2)45-26-25-39(31-44(45)43-29-36-16-5-6-17-37(36)30-46(43)49)50(38-24-22-32-12-3-4-15-35(32)28-38)47-27-23-34-14-8-10-20-41(34)48(47)42-21-11-18-33-13-7-9-19-40(33)42/h3-31H,1-2H3. The highest BCUT2D eigenvalue weighted by atomic mass is 15.1. The highest BCUT2D eigenvalue weighted by molar-refractivity contribution is 6.12. The maximum Gasteiger partial charge on any atom is 0.0546 e. The van der Waals surface area contributed by atoms with Gasteiger partial charge in [0.15, 0.2) is 0 Å². The van der Waals surface area contributed by atoms with Gasteiger partial charge in [-0.3, -0.25) is 0 Å². The molecule has 1 aliphatic rings. The third kappa shape index (κ3) is 4.33. The van der Waals surface area contributed by atoms with Crippen molar-refractivity contribution in [1.82, 2.24) is 0 Å². The van der Waals surface area contributed by atoms with Gasteiger partial charge in [0, 0.05) is 22.4 Å². The average Bonchev–Trinajstić information content (AvgIpc) is 3.38. The summed E-state index contributed by atoms with van der Waals surface area (Å²) >= 11 is 0. The molecule has 0 fully saturated rings. The van der Waals surface area contributed by atoms with Crippen LogP contribution in [-0.2, 0) is 5.41 Å². The van der Waals surface area contributed by atoms with Crippen LogP contribution in [0.25, 0.3) is 65.3 Å². The Hall–Kier alpha value is -6.18. The summed E-state index contributed by atoms with van der Waals surface area (Å²) in [6.07, 6.45) is 0. The van der Waals surface area contributed by atoms with Crippen molar-refractivity contribution in [2.45, 2.75) is 19.3 Å². The van der Waals surface area contributed by atoms with E-state index in [9.17, 15) is 0 Å². The third-order valence-electron chi connectivity index (χ3n) is 11.0. The Morgan fingerprint density at radius 2 is 0.900 bits per heavy atom. The predicted octanol–water partition coefficient (Wildman–Crippen LogP) is 13.7. The van der Waals surface area contributed by atoms with E-state index >= 15 is 0 Å². The lowest BCUT2D eigenvalue weighted by Crippen LogP contribution is -2.15. The number of benzene rings is 9. The first kappa shape index (κ1) is 28.8. The first-order valence-electron chi connectivity index (χ1n) is 17.5. The summed E-state index contributed by atoms with van der Waals surface area (Å²) in [5.41, 5.74) is 11.2. The van der Waals surface area contributed by atoms with Crippen LogP contribution in [0.5, 0.6) is 0 Å². The van der Waals surface area contributed by atoms with Crippen molar-refractivity contribution in [2.24, 2.45) is 0 Å². The number of hydrogen-bond acceptors (Lipinski definition) is 1. The number of nitrogens with zero attached hydrogens (tertiary/aromatic N) is 1. The molecule has 0 saturated carbocycles. The van der Waals surface area contributed by atoms with E-state index in [0.29, 0.717) is 0 Å². The van der Waals surface area contributed by atoms with Gasteiger partial charge >= 0.3 is 0 Å². The molecular weight excluding hydrogens is 603 g/mol. The molecule has 0 radical (unpaired) electrons. The minimum atomic E-state index is -0.0991. The average molecular weight is 638 g/mol. The second-order valence-electron chi connectivity index (χ2n) is 14.2. The SMILES string of the molecule is CC1(C)c2ccc(N(c3ccc4ccccc4c3)c3ccc4ccccc4c3-c3cccc4ccccc34)cc2-c2cc3ccccc3cc21. The molecule has 0 bridgehead atoms. The van der Waals surface area contributed by atoms with Crippen molar-refractivity contribution in [2.75, 3.05) is 4.90 Å². The smallest absolute Gasteiger partial charge is 0.0546 e. The fourth-order valence-corrected chi connectivity index (χ4v) is 8.48. The van der Waals surface area contributed by atoms with Crippen LogP contribution in [0.1, 0.15) is 25.0 Å². The van der Waals surface area contributed by atoms with E-state index in [1.807, 2.05) is 0 Å². The Bertz CT molecular complexity index is 2800. The zero-order valence-electron chi connectivity index (χ0n) is 28.2. The molecule has 0 atom stereocenters. The van der Waals surface area contributed by atoms with Crippen LogP contribution in [0.2, 0.25) is 0 Å². The topological polar surface area (TPSA) is 3.24 Å². The fourth-order valence-electron chi connectivity index (χ4n) is 8.48. The van der Waals surface area contributed by atoms with Gasteiger partial charge in [0.1, 0.15) is 0 Å². The van der Waals surface area contributed by atoms with E-state index in [-0.39, 0.29) is 5.41 Å². The van der Waals surface area contributed by atoms with Gasteiger partial charge in [-0.15, -0.1) is 0 Å². The summed E-state index contributed by atoms with van der Waals surface area (Å²) in [6.45, 7) is 4.74. The fraction of sp³-hybridized carbons (Fsp3) is 0.0612. The molecule has 50 heavy (non-hydrogen) atoms. The Labute approximate surface area is 292 Å². The van der Waals surface area contributed by atoms with Gasteiger partial charge in [-0.25, -0.2) is 0 Å². The van der Waals surface area contributed by atoms with E-state index in [2.05, 4.69) is 195 Å². The number of rotatable bonds is 4. The summed E-state index contributed by atoms with van der Waals surface area (Å²) in [5, 5.41) is 10.00. The molecule has 0 saturated heterocycles. The summed E-state index contributed by atoms with van der Waals surface area (Å²) in [6, 6.07) is 65.1. The lowest BCUT2D eigenvalue weighted by atomic mass is 9.82. The number of anilines is 3. The highest BCUT2D eigenvalue weighted by Gasteiger charge is 2.36. The van der Waals surface area contributed by atoms with Crippen LogP contribution in [0.15, 0.2) is 176 Å². The Balaban J connectivity index is 1.28. The molecule has 0 spiro atoms. The minimum absolute atomic E-state index is 0.0991. The molecule has 10 rings (SSSR count). The van der Waals surface area contributed by atoms with E-state index in [4.69, 9.17) is 0 Å². The highest BCUT2D eigenvalue weighted by Crippen LogP contribution is 2.53.